The number of thiazole rings is 1. The van der Waals surface area contributed by atoms with Crippen molar-refractivity contribution < 1.29 is 13.6 Å². The molecule has 0 unspecified atom stereocenters. The maximum atomic E-state index is 13.5. The molecule has 0 aliphatic rings. The van der Waals surface area contributed by atoms with Crippen LogP contribution in [-0.2, 0) is 4.79 Å². The lowest BCUT2D eigenvalue weighted by Crippen LogP contribution is -2.33. The highest BCUT2D eigenvalue weighted by Gasteiger charge is 2.19. The van der Waals surface area contributed by atoms with Gasteiger partial charge in [-0.25, -0.2) is 13.8 Å². The minimum atomic E-state index is -0.311. The lowest BCUT2D eigenvalue weighted by Gasteiger charge is -2.21. The number of thioether (sulfide) groups is 1. The molecule has 1 amide bonds. The van der Waals surface area contributed by atoms with E-state index >= 15 is 0 Å². The first kappa shape index (κ1) is 24.5. The summed E-state index contributed by atoms with van der Waals surface area (Å²) in [5.74, 6) is -0.00898. The fraction of sp³-hybridized carbons (Fsp3) is 0.333. The molecule has 0 fully saturated rings. The molecule has 1 aromatic heterocycles. The SMILES string of the molecule is CN(C)CCCN(C(=O)CCSc1ccc(F)cc1)c1nc2ccc(F)cc2s1.Cl. The van der Waals surface area contributed by atoms with Crippen molar-refractivity contribution in [2.75, 3.05) is 37.8 Å². The van der Waals surface area contributed by atoms with E-state index in [1.54, 1.807) is 23.1 Å². The van der Waals surface area contributed by atoms with Gasteiger partial charge in [-0.3, -0.25) is 9.69 Å². The fourth-order valence-electron chi connectivity index (χ4n) is 2.80. The molecular weight excluding hydrogens is 448 g/mol. The van der Waals surface area contributed by atoms with Crippen molar-refractivity contribution in [1.82, 2.24) is 9.88 Å². The van der Waals surface area contributed by atoms with E-state index < -0.39 is 0 Å². The summed E-state index contributed by atoms with van der Waals surface area (Å²) >= 11 is 2.85. The van der Waals surface area contributed by atoms with Crippen molar-refractivity contribution in [3.8, 4) is 0 Å². The van der Waals surface area contributed by atoms with Crippen molar-refractivity contribution in [2.45, 2.75) is 17.7 Å². The van der Waals surface area contributed by atoms with Crippen LogP contribution in [0.5, 0.6) is 0 Å². The molecule has 0 aliphatic carbocycles. The second-order valence-corrected chi connectivity index (χ2v) is 9.04. The molecule has 1 heterocycles. The highest BCUT2D eigenvalue weighted by molar-refractivity contribution is 7.99. The second kappa shape index (κ2) is 11.6. The van der Waals surface area contributed by atoms with Crippen molar-refractivity contribution in [3.05, 3.63) is 54.1 Å². The molecule has 3 aromatic rings. The van der Waals surface area contributed by atoms with Crippen LogP contribution in [0, 0.1) is 11.6 Å². The number of carbonyl (C=O) groups is 1. The van der Waals surface area contributed by atoms with Crippen molar-refractivity contribution in [2.24, 2.45) is 0 Å². The molecule has 162 valence electrons. The van der Waals surface area contributed by atoms with Crippen LogP contribution >= 0.6 is 35.5 Å². The summed E-state index contributed by atoms with van der Waals surface area (Å²) in [6.45, 7) is 1.41. The summed E-state index contributed by atoms with van der Waals surface area (Å²) in [6, 6.07) is 10.7. The van der Waals surface area contributed by atoms with Crippen LogP contribution in [0.25, 0.3) is 10.2 Å². The zero-order valence-corrected chi connectivity index (χ0v) is 19.3. The maximum absolute atomic E-state index is 13.5. The molecule has 4 nitrogen and oxygen atoms in total. The van der Waals surface area contributed by atoms with Crippen LogP contribution in [0.1, 0.15) is 12.8 Å². The first-order valence-corrected chi connectivity index (χ1v) is 11.1. The minimum Gasteiger partial charge on any atom is -0.309 e. The van der Waals surface area contributed by atoms with Crippen LogP contribution < -0.4 is 4.90 Å². The molecule has 3 rings (SSSR count). The Balaban J connectivity index is 0.00000320. The maximum Gasteiger partial charge on any atom is 0.229 e. The zero-order valence-electron chi connectivity index (χ0n) is 16.8. The summed E-state index contributed by atoms with van der Waals surface area (Å²) in [5, 5.41) is 0.598. The lowest BCUT2D eigenvalue weighted by atomic mass is 10.3. The largest absolute Gasteiger partial charge is 0.309 e. The van der Waals surface area contributed by atoms with E-state index in [0.29, 0.717) is 29.4 Å². The van der Waals surface area contributed by atoms with Gasteiger partial charge in [0.2, 0.25) is 5.91 Å². The van der Waals surface area contributed by atoms with E-state index in [2.05, 4.69) is 9.88 Å². The molecule has 0 atom stereocenters. The topological polar surface area (TPSA) is 36.4 Å². The Bertz CT molecular complexity index is 967. The number of carbonyl (C=O) groups excluding carboxylic acids is 1. The number of halogens is 3. The van der Waals surface area contributed by atoms with E-state index in [4.69, 9.17) is 0 Å². The first-order valence-electron chi connectivity index (χ1n) is 9.32. The van der Waals surface area contributed by atoms with Crippen LogP contribution in [-0.4, -0.2) is 48.7 Å². The van der Waals surface area contributed by atoms with Gasteiger partial charge in [-0.05, 0) is 69.5 Å². The Morgan fingerprint density at radius 1 is 1.07 bits per heavy atom. The number of aromatic nitrogens is 1. The Hall–Kier alpha value is -1.74. The third kappa shape index (κ3) is 6.91. The minimum absolute atomic E-state index is 0. The predicted octanol–water partition coefficient (Wildman–Crippen LogP) is 5.46. The van der Waals surface area contributed by atoms with Gasteiger partial charge >= 0.3 is 0 Å². The molecule has 0 N–H and O–H groups in total. The first-order chi connectivity index (χ1) is 13.9. The van der Waals surface area contributed by atoms with E-state index in [1.807, 2.05) is 14.1 Å². The molecule has 0 saturated carbocycles. The molecule has 30 heavy (non-hydrogen) atoms. The monoisotopic (exact) mass is 471 g/mol. The van der Waals surface area contributed by atoms with Crippen molar-refractivity contribution in [1.29, 1.82) is 0 Å². The van der Waals surface area contributed by atoms with Gasteiger partial charge in [0.1, 0.15) is 11.6 Å². The number of rotatable bonds is 9. The van der Waals surface area contributed by atoms with Gasteiger partial charge in [-0.2, -0.15) is 0 Å². The van der Waals surface area contributed by atoms with E-state index in [-0.39, 0.29) is 29.9 Å². The molecule has 0 saturated heterocycles. The van der Waals surface area contributed by atoms with Crippen LogP contribution in [0.3, 0.4) is 0 Å². The molecule has 0 spiro atoms. The number of nitrogens with zero attached hydrogens (tertiary/aromatic N) is 3. The molecule has 2 aromatic carbocycles. The highest BCUT2D eigenvalue weighted by atomic mass is 35.5. The van der Waals surface area contributed by atoms with E-state index in [9.17, 15) is 13.6 Å². The van der Waals surface area contributed by atoms with Gasteiger partial charge in [-0.1, -0.05) is 11.3 Å². The normalized spacial score (nSPS) is 11.0. The zero-order chi connectivity index (χ0) is 20.8. The number of hydrogen-bond acceptors (Lipinski definition) is 5. The summed E-state index contributed by atoms with van der Waals surface area (Å²) in [5.41, 5.74) is 0.692. The Labute approximate surface area is 189 Å². The highest BCUT2D eigenvalue weighted by Crippen LogP contribution is 2.30. The van der Waals surface area contributed by atoms with Crippen molar-refractivity contribution >= 4 is 56.8 Å². The predicted molar refractivity (Wildman–Crippen MR) is 124 cm³/mol. The standard InChI is InChI=1S/C21H23F2N3OS2.ClH/c1-25(2)11-3-12-26(21-24-18-9-6-16(23)14-19(18)29-21)20(27)10-13-28-17-7-4-15(22)5-8-17;/h4-9,14H,3,10-13H2,1-2H3;1H. The summed E-state index contributed by atoms with van der Waals surface area (Å²) < 4.78 is 27.3. The second-order valence-electron chi connectivity index (χ2n) is 6.86. The van der Waals surface area contributed by atoms with Gasteiger partial charge in [0, 0.05) is 23.6 Å². The number of benzene rings is 2. The smallest absolute Gasteiger partial charge is 0.229 e. The van der Waals surface area contributed by atoms with Gasteiger partial charge in [0.25, 0.3) is 0 Å². The van der Waals surface area contributed by atoms with Crippen LogP contribution in [0.4, 0.5) is 13.9 Å². The van der Waals surface area contributed by atoms with Gasteiger partial charge < -0.3 is 4.90 Å². The Morgan fingerprint density at radius 2 is 1.77 bits per heavy atom. The quantitative estimate of drug-likeness (QED) is 0.388. The van der Waals surface area contributed by atoms with Gasteiger partial charge in [-0.15, -0.1) is 24.2 Å². The number of anilines is 1. The number of amides is 1. The molecule has 9 heteroatoms. The number of hydrogen-bond donors (Lipinski definition) is 0. The van der Waals surface area contributed by atoms with Crippen LogP contribution in [0.2, 0.25) is 0 Å². The third-order valence-corrected chi connectivity index (χ3v) is 6.31. The van der Waals surface area contributed by atoms with E-state index in [0.717, 1.165) is 22.6 Å². The van der Waals surface area contributed by atoms with Crippen LogP contribution in [0.15, 0.2) is 47.4 Å². The fourth-order valence-corrected chi connectivity index (χ4v) is 4.67. The average Bonchev–Trinajstić information content (AvgIpc) is 3.09. The summed E-state index contributed by atoms with van der Waals surface area (Å²) in [6.07, 6.45) is 1.16. The molecule has 0 bridgehead atoms. The third-order valence-electron chi connectivity index (χ3n) is 4.26. The Morgan fingerprint density at radius 3 is 2.47 bits per heavy atom. The van der Waals surface area contributed by atoms with E-state index in [1.165, 1.54) is 47.4 Å². The average molecular weight is 472 g/mol. The summed E-state index contributed by atoms with van der Waals surface area (Å²) in [4.78, 5) is 22.2. The van der Waals surface area contributed by atoms with Gasteiger partial charge in [0.15, 0.2) is 5.13 Å². The summed E-state index contributed by atoms with van der Waals surface area (Å²) in [7, 11) is 3.98. The number of fused-ring (bicyclic) bond motifs is 1. The van der Waals surface area contributed by atoms with Gasteiger partial charge in [0.05, 0.1) is 10.2 Å². The molecule has 0 radical (unpaired) electrons. The molecule has 0 aliphatic heterocycles. The van der Waals surface area contributed by atoms with Crippen molar-refractivity contribution in [3.63, 3.8) is 0 Å². The Kier molecular flexibility index (Phi) is 9.48. The molecular formula is C21H24ClF2N3OS2. The lowest BCUT2D eigenvalue weighted by molar-refractivity contribution is -0.118.